The lowest BCUT2D eigenvalue weighted by molar-refractivity contribution is -0.113. The summed E-state index contributed by atoms with van der Waals surface area (Å²) in [5, 5.41) is 6.33. The molecule has 172 valence electrons. The number of H-pyrrole nitrogens is 1. The lowest BCUT2D eigenvalue weighted by Gasteiger charge is -2.12. The van der Waals surface area contributed by atoms with Gasteiger partial charge in [-0.2, -0.15) is 0 Å². The Kier molecular flexibility index (Phi) is 7.36. The Morgan fingerprint density at radius 2 is 1.76 bits per heavy atom. The Morgan fingerprint density at radius 1 is 1.09 bits per heavy atom. The zero-order valence-electron chi connectivity index (χ0n) is 17.9. The number of aromatic amines is 1. The Hall–Kier alpha value is -3.54. The fraction of sp³-hybridized carbons (Fsp3) is 0.0870. The minimum absolute atomic E-state index is 0.0118. The number of hydrogen-bond acceptors (Lipinski definition) is 7. The summed E-state index contributed by atoms with van der Waals surface area (Å²) in [5.74, 6) is -0.781. The first kappa shape index (κ1) is 23.6. The smallest absolute Gasteiger partial charge is 0.275 e. The van der Waals surface area contributed by atoms with Gasteiger partial charge in [0.1, 0.15) is 10.7 Å². The van der Waals surface area contributed by atoms with E-state index in [1.807, 2.05) is 48.5 Å². The van der Waals surface area contributed by atoms with Crippen LogP contribution in [0.1, 0.15) is 16.2 Å². The average molecular weight is 510 g/mol. The van der Waals surface area contributed by atoms with Crippen molar-refractivity contribution in [2.24, 2.45) is 0 Å². The first-order valence-corrected chi connectivity index (χ1v) is 12.3. The van der Waals surface area contributed by atoms with Crippen LogP contribution in [0.4, 0.5) is 10.7 Å². The molecular formula is C23H19N5O3S3. The predicted molar refractivity (Wildman–Crippen MR) is 138 cm³/mol. The van der Waals surface area contributed by atoms with E-state index in [0.717, 1.165) is 23.1 Å². The molecular weight excluding hydrogens is 490 g/mol. The molecule has 0 unspecified atom stereocenters. The standard InChI is InChI=1S/C23H19N5O3S3/c1-14-12-17(29)27-22(24-14)33-13-18(30)26-21-19(20(31)25-15-8-4-2-5-9-15)28(23(32)34-21)16-10-6-3-7-11-16/h2-12H,13H2,1H3,(H,25,31)(H,26,30)(H,24,27,29). The van der Waals surface area contributed by atoms with Crippen molar-refractivity contribution in [1.82, 2.24) is 14.5 Å². The minimum atomic E-state index is -0.407. The van der Waals surface area contributed by atoms with Crippen molar-refractivity contribution in [3.63, 3.8) is 0 Å². The fourth-order valence-electron chi connectivity index (χ4n) is 3.10. The fourth-order valence-corrected chi connectivity index (χ4v) is 5.18. The molecule has 4 aromatic rings. The maximum atomic E-state index is 13.3. The number of para-hydroxylation sites is 2. The van der Waals surface area contributed by atoms with Crippen molar-refractivity contribution in [2.45, 2.75) is 12.1 Å². The van der Waals surface area contributed by atoms with Gasteiger partial charge in [0.15, 0.2) is 9.11 Å². The summed E-state index contributed by atoms with van der Waals surface area (Å²) in [6.45, 7) is 1.70. The van der Waals surface area contributed by atoms with Gasteiger partial charge in [0.05, 0.1) is 5.75 Å². The van der Waals surface area contributed by atoms with Crippen LogP contribution in [0.5, 0.6) is 0 Å². The van der Waals surface area contributed by atoms with Gasteiger partial charge in [-0.3, -0.25) is 19.0 Å². The van der Waals surface area contributed by atoms with Crippen molar-refractivity contribution >= 4 is 57.8 Å². The average Bonchev–Trinajstić information content (AvgIpc) is 3.14. The highest BCUT2D eigenvalue weighted by Crippen LogP contribution is 2.30. The number of amides is 2. The van der Waals surface area contributed by atoms with Crippen molar-refractivity contribution in [1.29, 1.82) is 0 Å². The van der Waals surface area contributed by atoms with Gasteiger partial charge < -0.3 is 15.6 Å². The highest BCUT2D eigenvalue weighted by atomic mass is 32.2. The number of aryl methyl sites for hydroxylation is 1. The van der Waals surface area contributed by atoms with Crippen LogP contribution in [0.15, 0.2) is 76.7 Å². The quantitative estimate of drug-likeness (QED) is 0.190. The number of nitrogens with one attached hydrogen (secondary N) is 3. The van der Waals surface area contributed by atoms with E-state index in [1.165, 1.54) is 6.07 Å². The monoisotopic (exact) mass is 509 g/mol. The summed E-state index contributed by atoms with van der Waals surface area (Å²) in [5.41, 5.74) is 1.83. The molecule has 34 heavy (non-hydrogen) atoms. The summed E-state index contributed by atoms with van der Waals surface area (Å²) >= 11 is 7.77. The number of benzene rings is 2. The maximum Gasteiger partial charge on any atom is 0.275 e. The molecule has 2 aromatic heterocycles. The number of hydrogen-bond donors (Lipinski definition) is 3. The third kappa shape index (κ3) is 5.68. The third-order valence-corrected chi connectivity index (χ3v) is 6.68. The Morgan fingerprint density at radius 3 is 2.44 bits per heavy atom. The number of anilines is 2. The van der Waals surface area contributed by atoms with Gasteiger partial charge in [0.2, 0.25) is 5.91 Å². The van der Waals surface area contributed by atoms with Crippen LogP contribution in [0.3, 0.4) is 0 Å². The number of rotatable bonds is 7. The second-order valence-corrected chi connectivity index (χ2v) is 9.67. The number of carbonyl (C=O) groups excluding carboxylic acids is 2. The molecule has 0 fully saturated rings. The maximum absolute atomic E-state index is 13.3. The number of thiazole rings is 1. The number of aromatic nitrogens is 3. The van der Waals surface area contributed by atoms with Crippen molar-refractivity contribution < 1.29 is 9.59 Å². The zero-order valence-corrected chi connectivity index (χ0v) is 20.4. The van der Waals surface area contributed by atoms with Crippen LogP contribution >= 0.6 is 35.3 Å². The zero-order chi connectivity index (χ0) is 24.1. The van der Waals surface area contributed by atoms with Crippen molar-refractivity contribution in [3.05, 3.63) is 92.4 Å². The van der Waals surface area contributed by atoms with Gasteiger partial charge in [-0.15, -0.1) is 0 Å². The van der Waals surface area contributed by atoms with Crippen LogP contribution in [-0.4, -0.2) is 32.1 Å². The molecule has 8 nitrogen and oxygen atoms in total. The molecule has 0 saturated heterocycles. The molecule has 2 heterocycles. The van der Waals surface area contributed by atoms with Gasteiger partial charge in [0, 0.05) is 23.1 Å². The molecule has 0 radical (unpaired) electrons. The number of nitrogens with zero attached hydrogens (tertiary/aromatic N) is 2. The van der Waals surface area contributed by atoms with E-state index in [-0.39, 0.29) is 22.9 Å². The minimum Gasteiger partial charge on any atom is -0.321 e. The third-order valence-electron chi connectivity index (χ3n) is 4.51. The molecule has 2 amide bonds. The van der Waals surface area contributed by atoms with Crippen LogP contribution in [0, 0.1) is 10.9 Å². The lowest BCUT2D eigenvalue weighted by Crippen LogP contribution is -2.21. The summed E-state index contributed by atoms with van der Waals surface area (Å²) < 4.78 is 2.05. The lowest BCUT2D eigenvalue weighted by atomic mass is 10.2. The summed E-state index contributed by atoms with van der Waals surface area (Å²) in [6, 6.07) is 19.6. The topological polar surface area (TPSA) is 109 Å². The second-order valence-electron chi connectivity index (χ2n) is 7.07. The molecule has 11 heteroatoms. The Labute approximate surface area is 208 Å². The summed E-state index contributed by atoms with van der Waals surface area (Å²) in [4.78, 5) is 44.5. The number of carbonyl (C=O) groups is 2. The molecule has 3 N–H and O–H groups in total. The van der Waals surface area contributed by atoms with Gasteiger partial charge >= 0.3 is 0 Å². The molecule has 2 aromatic carbocycles. The molecule has 0 bridgehead atoms. The Bertz CT molecular complexity index is 1450. The van der Waals surface area contributed by atoms with E-state index in [0.29, 0.717) is 31.2 Å². The van der Waals surface area contributed by atoms with Crippen LogP contribution in [0.25, 0.3) is 5.69 Å². The molecule has 0 atom stereocenters. The largest absolute Gasteiger partial charge is 0.321 e. The van der Waals surface area contributed by atoms with Crippen LogP contribution in [-0.2, 0) is 4.79 Å². The molecule has 4 rings (SSSR count). The van der Waals surface area contributed by atoms with Crippen molar-refractivity contribution in [2.75, 3.05) is 16.4 Å². The van der Waals surface area contributed by atoms with Crippen LogP contribution in [0.2, 0.25) is 0 Å². The van der Waals surface area contributed by atoms with E-state index >= 15 is 0 Å². The normalized spacial score (nSPS) is 10.6. The summed E-state index contributed by atoms with van der Waals surface area (Å²) in [7, 11) is 0. The first-order valence-electron chi connectivity index (χ1n) is 10.1. The molecule has 0 aliphatic carbocycles. The predicted octanol–water partition coefficient (Wildman–Crippen LogP) is 4.64. The molecule has 0 aliphatic heterocycles. The van der Waals surface area contributed by atoms with E-state index in [4.69, 9.17) is 12.2 Å². The van der Waals surface area contributed by atoms with Gasteiger partial charge in [-0.25, -0.2) is 4.98 Å². The van der Waals surface area contributed by atoms with Gasteiger partial charge in [-0.05, 0) is 43.4 Å². The van der Waals surface area contributed by atoms with Crippen LogP contribution < -0.4 is 16.2 Å². The van der Waals surface area contributed by atoms with E-state index in [1.54, 1.807) is 23.6 Å². The van der Waals surface area contributed by atoms with E-state index in [2.05, 4.69) is 20.6 Å². The van der Waals surface area contributed by atoms with E-state index < -0.39 is 5.91 Å². The molecule has 0 spiro atoms. The summed E-state index contributed by atoms with van der Waals surface area (Å²) in [6.07, 6.45) is 0. The molecule has 0 aliphatic rings. The number of thioether (sulfide) groups is 1. The highest BCUT2D eigenvalue weighted by Gasteiger charge is 2.23. The first-order chi connectivity index (χ1) is 16.4. The second kappa shape index (κ2) is 10.6. The Balaban J connectivity index is 1.62. The van der Waals surface area contributed by atoms with Crippen molar-refractivity contribution in [3.8, 4) is 5.69 Å². The SMILES string of the molecule is Cc1cc(=O)[nH]c(SCC(=O)Nc2sc(=S)n(-c3ccccc3)c2C(=O)Nc2ccccc2)n1. The van der Waals surface area contributed by atoms with Gasteiger partial charge in [-0.1, -0.05) is 59.5 Å². The van der Waals surface area contributed by atoms with Gasteiger partial charge in [0.25, 0.3) is 11.5 Å². The molecule has 0 saturated carbocycles. The highest BCUT2D eigenvalue weighted by molar-refractivity contribution is 7.99. The van der Waals surface area contributed by atoms with E-state index in [9.17, 15) is 14.4 Å².